The lowest BCUT2D eigenvalue weighted by atomic mass is 9.86. The second-order valence-electron chi connectivity index (χ2n) is 8.80. The van der Waals surface area contributed by atoms with Gasteiger partial charge in [0.25, 0.3) is 0 Å². The highest BCUT2D eigenvalue weighted by Gasteiger charge is 2.54. The molecule has 6 nitrogen and oxygen atoms in total. The van der Waals surface area contributed by atoms with Gasteiger partial charge in [-0.15, -0.1) is 0 Å². The van der Waals surface area contributed by atoms with Crippen LogP contribution in [0.2, 0.25) is 0 Å². The maximum atomic E-state index is 6.66. The van der Waals surface area contributed by atoms with Gasteiger partial charge in [-0.2, -0.15) is 5.10 Å². The molecule has 2 aromatic carbocycles. The van der Waals surface area contributed by atoms with E-state index in [-0.39, 0.29) is 18.4 Å². The molecule has 4 heterocycles. The Balaban J connectivity index is 1.44. The molecule has 150 valence electrons. The highest BCUT2D eigenvalue weighted by molar-refractivity contribution is 6.02. The lowest BCUT2D eigenvalue weighted by Gasteiger charge is -2.52. The molecule has 0 bridgehead atoms. The molecule has 0 aliphatic carbocycles. The van der Waals surface area contributed by atoms with Crippen LogP contribution in [0.25, 0.3) is 0 Å². The Morgan fingerprint density at radius 1 is 1.03 bits per heavy atom. The van der Waals surface area contributed by atoms with Crippen LogP contribution in [0.5, 0.6) is 17.2 Å². The Kier molecular flexibility index (Phi) is 3.48. The van der Waals surface area contributed by atoms with Crippen LogP contribution in [0.4, 0.5) is 0 Å². The fraction of sp³-hybridized carbons (Fsp3) is 0.435. The number of hydrazone groups is 1. The van der Waals surface area contributed by atoms with Crippen molar-refractivity contribution in [3.8, 4) is 17.2 Å². The first-order valence-electron chi connectivity index (χ1n) is 10.2. The summed E-state index contributed by atoms with van der Waals surface area (Å²) >= 11 is 0. The Morgan fingerprint density at radius 2 is 1.90 bits per heavy atom. The third kappa shape index (κ3) is 2.62. The number of para-hydroxylation sites is 1. The number of rotatable bonds is 1. The molecule has 2 atom stereocenters. The van der Waals surface area contributed by atoms with Crippen molar-refractivity contribution in [3.05, 3.63) is 53.6 Å². The van der Waals surface area contributed by atoms with E-state index < -0.39 is 5.72 Å². The standard InChI is InChI=1S/C23H24N2O4/c1-22(2)13-23(9-10-28-22)25-18(16-5-3-4-6-19(16)29-23)12-17(24-25)15-7-8-20-21(11-15)27-14-26-20/h3-8,11,18H,9-10,12-14H2,1-2H3/t18-,23+/m0/s1. The molecule has 0 aromatic heterocycles. The molecule has 6 heteroatoms. The van der Waals surface area contributed by atoms with E-state index in [1.807, 2.05) is 18.2 Å². The van der Waals surface area contributed by atoms with E-state index >= 15 is 0 Å². The molecule has 1 spiro atoms. The Labute approximate surface area is 170 Å². The predicted molar refractivity (Wildman–Crippen MR) is 107 cm³/mol. The van der Waals surface area contributed by atoms with Crippen LogP contribution in [0.1, 0.15) is 50.3 Å². The first-order valence-corrected chi connectivity index (χ1v) is 10.2. The van der Waals surface area contributed by atoms with Crippen molar-refractivity contribution >= 4 is 5.71 Å². The van der Waals surface area contributed by atoms with Crippen LogP contribution in [0.3, 0.4) is 0 Å². The van der Waals surface area contributed by atoms with Crippen molar-refractivity contribution in [2.75, 3.05) is 13.4 Å². The zero-order valence-corrected chi connectivity index (χ0v) is 16.7. The Hall–Kier alpha value is -2.73. The molecule has 29 heavy (non-hydrogen) atoms. The highest BCUT2D eigenvalue weighted by Crippen LogP contribution is 2.52. The molecule has 2 aromatic rings. The topological polar surface area (TPSA) is 52.5 Å². The van der Waals surface area contributed by atoms with Crippen LogP contribution in [0, 0.1) is 0 Å². The van der Waals surface area contributed by atoms with Gasteiger partial charge < -0.3 is 18.9 Å². The SMILES string of the molecule is CC1(C)C[C@@]2(CCO1)Oc1ccccc1[C@@H]1CC(c3ccc4c(c3)OCO4)=NN12. The molecule has 0 saturated carbocycles. The van der Waals surface area contributed by atoms with Gasteiger partial charge in [-0.3, -0.25) is 0 Å². The molecule has 4 aliphatic rings. The van der Waals surface area contributed by atoms with Crippen molar-refractivity contribution in [3.63, 3.8) is 0 Å². The number of hydrogen-bond acceptors (Lipinski definition) is 6. The van der Waals surface area contributed by atoms with Crippen LogP contribution in [0.15, 0.2) is 47.6 Å². The van der Waals surface area contributed by atoms with Crippen LogP contribution >= 0.6 is 0 Å². The number of hydrogen-bond donors (Lipinski definition) is 0. The van der Waals surface area contributed by atoms with Crippen molar-refractivity contribution in [2.24, 2.45) is 5.10 Å². The van der Waals surface area contributed by atoms with Gasteiger partial charge in [0.15, 0.2) is 11.5 Å². The van der Waals surface area contributed by atoms with Crippen molar-refractivity contribution in [1.29, 1.82) is 0 Å². The normalized spacial score (nSPS) is 28.6. The molecule has 0 N–H and O–H groups in total. The molecular formula is C23H24N2O4. The molecule has 0 amide bonds. The third-order valence-corrected chi connectivity index (χ3v) is 6.30. The first kappa shape index (κ1) is 17.2. The quantitative estimate of drug-likeness (QED) is 0.726. The second-order valence-corrected chi connectivity index (χ2v) is 8.80. The lowest BCUT2D eigenvalue weighted by molar-refractivity contribution is -0.212. The Bertz CT molecular complexity index is 1020. The zero-order chi connectivity index (χ0) is 19.6. The largest absolute Gasteiger partial charge is 0.466 e. The average molecular weight is 392 g/mol. The van der Waals surface area contributed by atoms with Gasteiger partial charge in [0.05, 0.1) is 24.0 Å². The lowest BCUT2D eigenvalue weighted by Crippen LogP contribution is -2.60. The minimum absolute atomic E-state index is 0.161. The summed E-state index contributed by atoms with van der Waals surface area (Å²) in [6, 6.07) is 14.6. The molecule has 1 fully saturated rings. The van der Waals surface area contributed by atoms with Crippen molar-refractivity contribution in [1.82, 2.24) is 5.01 Å². The van der Waals surface area contributed by atoms with Gasteiger partial charge in [-0.1, -0.05) is 18.2 Å². The number of ether oxygens (including phenoxy) is 4. The predicted octanol–water partition coefficient (Wildman–Crippen LogP) is 4.24. The average Bonchev–Trinajstić information content (AvgIpc) is 3.34. The summed E-state index contributed by atoms with van der Waals surface area (Å²) in [5.74, 6) is 2.55. The van der Waals surface area contributed by atoms with Crippen molar-refractivity contribution in [2.45, 2.75) is 50.5 Å². The molecule has 1 saturated heterocycles. The summed E-state index contributed by atoms with van der Waals surface area (Å²) in [5, 5.41) is 7.33. The van der Waals surface area contributed by atoms with E-state index in [2.05, 4.69) is 43.1 Å². The molecule has 0 radical (unpaired) electrons. The molecular weight excluding hydrogens is 368 g/mol. The maximum Gasteiger partial charge on any atom is 0.231 e. The van der Waals surface area contributed by atoms with Gasteiger partial charge in [-0.25, -0.2) is 5.01 Å². The van der Waals surface area contributed by atoms with E-state index in [1.165, 1.54) is 5.56 Å². The summed E-state index contributed by atoms with van der Waals surface area (Å²) < 4.78 is 23.7. The molecule has 6 rings (SSSR count). The minimum atomic E-state index is -0.487. The summed E-state index contributed by atoms with van der Waals surface area (Å²) in [6.45, 7) is 5.20. The smallest absolute Gasteiger partial charge is 0.231 e. The number of nitrogens with zero attached hydrogens (tertiary/aromatic N) is 2. The maximum absolute atomic E-state index is 6.66. The zero-order valence-electron chi connectivity index (χ0n) is 16.7. The van der Waals surface area contributed by atoms with Gasteiger partial charge >= 0.3 is 0 Å². The van der Waals surface area contributed by atoms with E-state index in [0.29, 0.717) is 6.61 Å². The molecule has 4 aliphatic heterocycles. The van der Waals surface area contributed by atoms with Gasteiger partial charge in [0.1, 0.15) is 5.75 Å². The summed E-state index contributed by atoms with van der Waals surface area (Å²) in [7, 11) is 0. The van der Waals surface area contributed by atoms with E-state index in [4.69, 9.17) is 24.0 Å². The summed E-state index contributed by atoms with van der Waals surface area (Å²) in [5.41, 5.74) is 2.58. The Morgan fingerprint density at radius 3 is 2.79 bits per heavy atom. The van der Waals surface area contributed by atoms with Crippen LogP contribution in [-0.2, 0) is 4.74 Å². The van der Waals surface area contributed by atoms with Gasteiger partial charge in [-0.05, 0) is 38.1 Å². The van der Waals surface area contributed by atoms with E-state index in [0.717, 1.165) is 47.8 Å². The summed E-state index contributed by atoms with van der Waals surface area (Å²) in [4.78, 5) is 0. The highest BCUT2D eigenvalue weighted by atomic mass is 16.7. The number of fused-ring (bicyclic) bond motifs is 5. The monoisotopic (exact) mass is 392 g/mol. The van der Waals surface area contributed by atoms with Gasteiger partial charge in [0.2, 0.25) is 12.5 Å². The minimum Gasteiger partial charge on any atom is -0.466 e. The van der Waals surface area contributed by atoms with Crippen LogP contribution in [-0.4, -0.2) is 35.4 Å². The second kappa shape index (κ2) is 5.89. The van der Waals surface area contributed by atoms with Gasteiger partial charge in [0, 0.05) is 30.4 Å². The fourth-order valence-corrected chi connectivity index (χ4v) is 5.05. The van der Waals surface area contributed by atoms with Crippen molar-refractivity contribution < 1.29 is 18.9 Å². The first-order chi connectivity index (χ1) is 14.0. The fourth-order valence-electron chi connectivity index (χ4n) is 5.05. The number of benzene rings is 2. The van der Waals surface area contributed by atoms with Crippen LogP contribution < -0.4 is 14.2 Å². The molecule has 0 unspecified atom stereocenters. The summed E-state index contributed by atoms with van der Waals surface area (Å²) in [6.07, 6.45) is 2.39. The third-order valence-electron chi connectivity index (χ3n) is 6.30. The van der Waals surface area contributed by atoms with E-state index in [9.17, 15) is 0 Å². The van der Waals surface area contributed by atoms with E-state index in [1.54, 1.807) is 0 Å².